The average Bonchev–Trinajstić information content (AvgIpc) is 2.05. The number of hydrogen-bond donors (Lipinski definition) is 1. The predicted octanol–water partition coefficient (Wildman–Crippen LogP) is 2.31. The molecule has 4 heteroatoms. The van der Waals surface area contributed by atoms with E-state index in [0.717, 1.165) is 4.47 Å². The number of rotatable bonds is 0. The lowest BCUT2D eigenvalue weighted by Gasteiger charge is -2.33. The molecule has 1 aliphatic rings. The number of ether oxygens (including phenoxy) is 1. The molecule has 1 aromatic carbocycles. The molecule has 1 amide bonds. The van der Waals surface area contributed by atoms with Crippen LogP contribution in [0.25, 0.3) is 0 Å². The van der Waals surface area contributed by atoms with Crippen LogP contribution in [0, 0.1) is 0 Å². The highest BCUT2D eigenvalue weighted by Gasteiger charge is 2.31. The molecule has 0 fully saturated rings. The van der Waals surface area contributed by atoms with Gasteiger partial charge in [0.2, 0.25) is 0 Å². The van der Waals surface area contributed by atoms with Gasteiger partial charge in [-0.05, 0) is 32.0 Å². The van der Waals surface area contributed by atoms with Gasteiger partial charge in [-0.2, -0.15) is 0 Å². The van der Waals surface area contributed by atoms with E-state index in [1.807, 2.05) is 19.9 Å². The Morgan fingerprint density at radius 3 is 2.86 bits per heavy atom. The van der Waals surface area contributed by atoms with Crippen molar-refractivity contribution in [2.24, 2.45) is 0 Å². The molecule has 3 nitrogen and oxygen atoms in total. The number of nitrogens with one attached hydrogen (secondary N) is 1. The van der Waals surface area contributed by atoms with Crippen LogP contribution < -0.4 is 10.1 Å². The Bertz CT molecular complexity index is 401. The van der Waals surface area contributed by atoms with Crippen molar-refractivity contribution in [2.75, 3.05) is 0 Å². The minimum atomic E-state index is -0.627. The Labute approximate surface area is 90.6 Å². The average molecular weight is 256 g/mol. The second kappa shape index (κ2) is 2.98. The third-order valence-corrected chi connectivity index (χ3v) is 2.46. The molecular weight excluding hydrogens is 246 g/mol. The number of amides is 1. The summed E-state index contributed by atoms with van der Waals surface area (Å²) in [5.41, 5.74) is -0.0588. The van der Waals surface area contributed by atoms with Crippen LogP contribution >= 0.6 is 15.9 Å². The van der Waals surface area contributed by atoms with E-state index in [-0.39, 0.29) is 5.91 Å². The lowest BCUT2D eigenvalue weighted by molar-refractivity contribution is 0.0433. The Kier molecular flexibility index (Phi) is 2.03. The summed E-state index contributed by atoms with van der Waals surface area (Å²) in [5, 5.41) is 2.76. The number of halogens is 1. The van der Waals surface area contributed by atoms with Crippen molar-refractivity contribution in [3.8, 4) is 5.75 Å². The third-order valence-electron chi connectivity index (χ3n) is 1.97. The van der Waals surface area contributed by atoms with Crippen LogP contribution in [-0.2, 0) is 0 Å². The van der Waals surface area contributed by atoms with Crippen molar-refractivity contribution in [2.45, 2.75) is 19.6 Å². The first-order valence-corrected chi connectivity index (χ1v) is 5.08. The molecule has 0 aromatic heterocycles. The third kappa shape index (κ3) is 1.62. The SMILES string of the molecule is CC1(C)NC(=O)c2cc(Br)ccc2O1. The summed E-state index contributed by atoms with van der Waals surface area (Å²) >= 11 is 3.31. The summed E-state index contributed by atoms with van der Waals surface area (Å²) < 4.78 is 6.46. The predicted molar refractivity (Wildman–Crippen MR) is 56.3 cm³/mol. The largest absolute Gasteiger partial charge is 0.468 e. The number of benzene rings is 1. The molecule has 0 unspecified atom stereocenters. The lowest BCUT2D eigenvalue weighted by atomic mass is 10.1. The normalized spacial score (nSPS) is 18.1. The van der Waals surface area contributed by atoms with E-state index in [2.05, 4.69) is 21.2 Å². The second-order valence-corrected chi connectivity index (χ2v) is 4.62. The quantitative estimate of drug-likeness (QED) is 0.773. The highest BCUT2D eigenvalue weighted by Crippen LogP contribution is 2.29. The molecule has 0 bridgehead atoms. The first-order chi connectivity index (χ1) is 6.48. The van der Waals surface area contributed by atoms with Gasteiger partial charge in [-0.15, -0.1) is 0 Å². The zero-order valence-corrected chi connectivity index (χ0v) is 9.51. The molecule has 0 aliphatic carbocycles. The van der Waals surface area contributed by atoms with Crippen molar-refractivity contribution < 1.29 is 9.53 Å². The summed E-state index contributed by atoms with van der Waals surface area (Å²) in [4.78, 5) is 11.6. The van der Waals surface area contributed by atoms with Crippen LogP contribution in [0.5, 0.6) is 5.75 Å². The molecule has 1 N–H and O–H groups in total. The van der Waals surface area contributed by atoms with Gasteiger partial charge < -0.3 is 10.1 Å². The van der Waals surface area contributed by atoms with E-state index < -0.39 is 5.72 Å². The van der Waals surface area contributed by atoms with Crippen molar-refractivity contribution in [3.05, 3.63) is 28.2 Å². The minimum Gasteiger partial charge on any atom is -0.468 e. The topological polar surface area (TPSA) is 38.3 Å². The van der Waals surface area contributed by atoms with E-state index in [0.29, 0.717) is 11.3 Å². The zero-order valence-electron chi connectivity index (χ0n) is 7.93. The molecule has 1 aromatic rings. The van der Waals surface area contributed by atoms with Crippen molar-refractivity contribution in [1.82, 2.24) is 5.32 Å². The fourth-order valence-electron chi connectivity index (χ4n) is 1.41. The fraction of sp³-hybridized carbons (Fsp3) is 0.300. The second-order valence-electron chi connectivity index (χ2n) is 3.71. The maximum absolute atomic E-state index is 11.6. The molecule has 1 aliphatic heterocycles. The number of carbonyl (C=O) groups is 1. The van der Waals surface area contributed by atoms with Crippen molar-refractivity contribution in [3.63, 3.8) is 0 Å². The molecule has 0 spiro atoms. The number of carbonyl (C=O) groups excluding carboxylic acids is 1. The van der Waals surface area contributed by atoms with E-state index in [4.69, 9.17) is 4.74 Å². The highest BCUT2D eigenvalue weighted by atomic mass is 79.9. The molecule has 74 valence electrons. The zero-order chi connectivity index (χ0) is 10.3. The van der Waals surface area contributed by atoms with Gasteiger partial charge in [-0.25, -0.2) is 0 Å². The summed E-state index contributed by atoms with van der Waals surface area (Å²) in [6.07, 6.45) is 0. The van der Waals surface area contributed by atoms with Gasteiger partial charge in [0.05, 0.1) is 5.56 Å². The molecule has 14 heavy (non-hydrogen) atoms. The molecule has 2 rings (SSSR count). The van der Waals surface area contributed by atoms with E-state index in [1.54, 1.807) is 12.1 Å². The van der Waals surface area contributed by atoms with Crippen LogP contribution in [0.4, 0.5) is 0 Å². The van der Waals surface area contributed by atoms with Gasteiger partial charge in [0.15, 0.2) is 5.72 Å². The number of hydrogen-bond acceptors (Lipinski definition) is 2. The first kappa shape index (κ1) is 9.52. The Hall–Kier alpha value is -1.03. The fourth-order valence-corrected chi connectivity index (χ4v) is 1.77. The van der Waals surface area contributed by atoms with Gasteiger partial charge in [0.1, 0.15) is 5.75 Å². The van der Waals surface area contributed by atoms with Crippen LogP contribution in [-0.4, -0.2) is 11.6 Å². The minimum absolute atomic E-state index is 0.0995. The van der Waals surface area contributed by atoms with Crippen LogP contribution in [0.2, 0.25) is 0 Å². The Morgan fingerprint density at radius 1 is 1.43 bits per heavy atom. The first-order valence-electron chi connectivity index (χ1n) is 4.29. The summed E-state index contributed by atoms with van der Waals surface area (Å²) in [6, 6.07) is 5.40. The van der Waals surface area contributed by atoms with Gasteiger partial charge in [0, 0.05) is 4.47 Å². The standard InChI is InChI=1S/C10H10BrNO2/c1-10(2)12-9(13)7-5-6(11)3-4-8(7)14-10/h3-5H,1-2H3,(H,12,13). The summed E-state index contributed by atoms with van der Waals surface area (Å²) in [5.74, 6) is 0.527. The molecule has 0 saturated carbocycles. The van der Waals surface area contributed by atoms with Crippen molar-refractivity contribution in [1.29, 1.82) is 0 Å². The van der Waals surface area contributed by atoms with E-state index in [1.165, 1.54) is 0 Å². The van der Waals surface area contributed by atoms with Crippen LogP contribution in [0.15, 0.2) is 22.7 Å². The van der Waals surface area contributed by atoms with Crippen LogP contribution in [0.1, 0.15) is 24.2 Å². The molecule has 0 radical (unpaired) electrons. The van der Waals surface area contributed by atoms with Crippen LogP contribution in [0.3, 0.4) is 0 Å². The van der Waals surface area contributed by atoms with Gasteiger partial charge in [0.25, 0.3) is 5.91 Å². The molecule has 0 atom stereocenters. The molecule has 1 heterocycles. The smallest absolute Gasteiger partial charge is 0.258 e. The lowest BCUT2D eigenvalue weighted by Crippen LogP contribution is -2.51. The summed E-state index contributed by atoms with van der Waals surface area (Å²) in [6.45, 7) is 3.63. The molecular formula is C10H10BrNO2. The van der Waals surface area contributed by atoms with Gasteiger partial charge in [-0.1, -0.05) is 15.9 Å². The number of fused-ring (bicyclic) bond motifs is 1. The maximum atomic E-state index is 11.6. The monoisotopic (exact) mass is 255 g/mol. The molecule has 0 saturated heterocycles. The summed E-state index contributed by atoms with van der Waals surface area (Å²) in [7, 11) is 0. The van der Waals surface area contributed by atoms with Gasteiger partial charge >= 0.3 is 0 Å². The maximum Gasteiger partial charge on any atom is 0.258 e. The Morgan fingerprint density at radius 2 is 2.14 bits per heavy atom. The van der Waals surface area contributed by atoms with Gasteiger partial charge in [-0.3, -0.25) is 4.79 Å². The van der Waals surface area contributed by atoms with E-state index in [9.17, 15) is 4.79 Å². The van der Waals surface area contributed by atoms with Crippen molar-refractivity contribution >= 4 is 21.8 Å². The highest BCUT2D eigenvalue weighted by molar-refractivity contribution is 9.10. The Balaban J connectivity index is 2.50. The van der Waals surface area contributed by atoms with E-state index >= 15 is 0 Å².